The quantitative estimate of drug-likeness (QED) is 0.0345. The summed E-state index contributed by atoms with van der Waals surface area (Å²) < 4.78 is 34.6. The zero-order chi connectivity index (χ0) is 48.2. The van der Waals surface area contributed by atoms with Crippen molar-refractivity contribution in [3.63, 3.8) is 0 Å². The van der Waals surface area contributed by atoms with Crippen molar-refractivity contribution in [2.75, 3.05) is 13.2 Å². The molecule has 2 bridgehead atoms. The molecule has 18 heteroatoms. The maximum atomic E-state index is 13.5. The van der Waals surface area contributed by atoms with Gasteiger partial charge in [-0.25, -0.2) is 4.57 Å². The number of aliphatic hydroxyl groups is 8. The van der Waals surface area contributed by atoms with Crippen LogP contribution in [0.5, 0.6) is 0 Å². The summed E-state index contributed by atoms with van der Waals surface area (Å²) in [4.78, 5) is 49.6. The molecule has 1 saturated carbocycles. The Morgan fingerprint density at radius 2 is 1.42 bits per heavy atom. The molecule has 1 saturated heterocycles. The molecule has 1 heterocycles. The van der Waals surface area contributed by atoms with E-state index in [1.54, 1.807) is 0 Å². The number of allylic oxidation sites excluding steroid dienone is 6. The molecule has 13 atom stereocenters. The van der Waals surface area contributed by atoms with Crippen molar-refractivity contribution in [2.45, 2.75) is 203 Å². The van der Waals surface area contributed by atoms with Gasteiger partial charge in [0.1, 0.15) is 36.8 Å². The van der Waals surface area contributed by atoms with Gasteiger partial charge in [0.05, 0.1) is 37.1 Å². The number of phosphoric ester groups is 1. The van der Waals surface area contributed by atoms with Crippen LogP contribution in [0.1, 0.15) is 142 Å². The molecule has 0 spiro atoms. The van der Waals surface area contributed by atoms with E-state index in [9.17, 15) is 64.7 Å². The molecule has 17 nitrogen and oxygen atoms in total. The van der Waals surface area contributed by atoms with Crippen LogP contribution in [0.4, 0.5) is 0 Å². The first kappa shape index (κ1) is 58.5. The molecule has 0 radical (unpaired) electrons. The molecule has 374 valence electrons. The lowest BCUT2D eigenvalue weighted by molar-refractivity contribution is -0.168. The number of esters is 2. The number of carbonyl (C=O) groups excluding carboxylic acids is 3. The average Bonchev–Trinajstić information content (AvgIpc) is 3.27. The van der Waals surface area contributed by atoms with Gasteiger partial charge >= 0.3 is 19.8 Å². The van der Waals surface area contributed by atoms with E-state index in [1.165, 1.54) is 12.2 Å². The van der Waals surface area contributed by atoms with Gasteiger partial charge < -0.3 is 55.2 Å². The lowest BCUT2D eigenvalue weighted by Crippen LogP contribution is -2.56. The Bertz CT molecular complexity index is 1520. The second-order valence-electron chi connectivity index (χ2n) is 17.2. The number of unbranched alkanes of at least 4 members (excludes halogenated alkanes) is 7. The molecule has 2 rings (SSSR count). The SMILES string of the molecule is CC/C=C\C/C=C\C/C=C\CCCCCCCC(=O)O[C@@H]1COC(=O)CCCCC(=O)C[C@@H]2[C@@H](O)[C@H](O)[C@@H](O)[C@H](OP(=O)(O)OC1)[C@H](O)[C@H](O)[C@@H](/C=C/[C@@H](O)CCCCC)[C@H](O)C[C@@H]2O. The number of ether oxygens (including phenoxy) is 2. The minimum atomic E-state index is -5.50. The summed E-state index contributed by atoms with van der Waals surface area (Å²) in [6.45, 7) is 2.57. The molecule has 2 fully saturated rings. The summed E-state index contributed by atoms with van der Waals surface area (Å²) in [7, 11) is -5.50. The first-order chi connectivity index (χ1) is 31.0. The van der Waals surface area contributed by atoms with Crippen LogP contribution in [-0.4, -0.2) is 138 Å². The molecule has 0 amide bonds. The van der Waals surface area contributed by atoms with Crippen LogP contribution in [0.3, 0.4) is 0 Å². The van der Waals surface area contributed by atoms with E-state index in [4.69, 9.17) is 18.5 Å². The predicted octanol–water partition coefficient (Wildman–Crippen LogP) is 4.73. The van der Waals surface area contributed by atoms with E-state index >= 15 is 0 Å². The molecule has 9 N–H and O–H groups in total. The van der Waals surface area contributed by atoms with Crippen molar-refractivity contribution >= 4 is 25.5 Å². The molecule has 0 aromatic heterocycles. The summed E-state index contributed by atoms with van der Waals surface area (Å²) in [6, 6.07) is 0. The number of cyclic esters (lactones) is 1. The van der Waals surface area contributed by atoms with Crippen LogP contribution < -0.4 is 0 Å². The van der Waals surface area contributed by atoms with Crippen molar-refractivity contribution in [2.24, 2.45) is 11.8 Å². The number of hydrogen-bond acceptors (Lipinski definition) is 16. The van der Waals surface area contributed by atoms with Gasteiger partial charge in [0, 0.05) is 43.9 Å². The minimum absolute atomic E-state index is 0.0169. The summed E-state index contributed by atoms with van der Waals surface area (Å²) in [6.07, 6.45) is 4.52. The molecular weight excluding hydrogens is 867 g/mol. The summed E-state index contributed by atoms with van der Waals surface area (Å²) in [5.74, 6) is -5.06. The first-order valence-corrected chi connectivity index (χ1v) is 25.1. The fourth-order valence-electron chi connectivity index (χ4n) is 7.71. The number of aliphatic hydroxyl groups excluding tert-OH is 8. The van der Waals surface area contributed by atoms with Crippen molar-refractivity contribution in [1.29, 1.82) is 0 Å². The highest BCUT2D eigenvalue weighted by Gasteiger charge is 2.49. The van der Waals surface area contributed by atoms with Gasteiger partial charge in [-0.2, -0.15) is 0 Å². The molecule has 1 unspecified atom stereocenters. The highest BCUT2D eigenvalue weighted by molar-refractivity contribution is 7.47. The monoisotopic (exact) mass is 947 g/mol. The lowest BCUT2D eigenvalue weighted by Gasteiger charge is -2.37. The minimum Gasteiger partial charge on any atom is -0.462 e. The second-order valence-corrected chi connectivity index (χ2v) is 18.6. The van der Waals surface area contributed by atoms with Crippen LogP contribution in [0.25, 0.3) is 0 Å². The topological polar surface area (TPSA) is 287 Å². The van der Waals surface area contributed by atoms with E-state index in [0.29, 0.717) is 19.3 Å². The first-order valence-electron chi connectivity index (χ1n) is 23.6. The Hall–Kier alpha value is -2.64. The molecule has 0 aromatic carbocycles. The largest absolute Gasteiger partial charge is 0.472 e. The zero-order valence-corrected chi connectivity index (χ0v) is 39.2. The van der Waals surface area contributed by atoms with Gasteiger partial charge in [-0.05, 0) is 57.8 Å². The predicted molar refractivity (Wildman–Crippen MR) is 242 cm³/mol. The number of phosphoric acid groups is 1. The van der Waals surface area contributed by atoms with Crippen molar-refractivity contribution in [1.82, 2.24) is 0 Å². The van der Waals surface area contributed by atoms with Gasteiger partial charge in [-0.1, -0.05) is 101 Å². The number of hydrogen-bond donors (Lipinski definition) is 9. The van der Waals surface area contributed by atoms with Crippen LogP contribution >= 0.6 is 7.82 Å². The normalized spacial score (nSPS) is 32.7. The Morgan fingerprint density at radius 3 is 2.12 bits per heavy atom. The Morgan fingerprint density at radius 1 is 0.769 bits per heavy atom. The number of Topliss-reactive ketones (excluding diaryl/α,β-unsaturated/α-hetero) is 1. The molecular formula is C47H79O17P. The van der Waals surface area contributed by atoms with Gasteiger partial charge in [0.25, 0.3) is 0 Å². The Balaban J connectivity index is 2.25. The molecule has 0 aromatic rings. The van der Waals surface area contributed by atoms with Crippen molar-refractivity contribution in [3.8, 4) is 0 Å². The average molecular weight is 947 g/mol. The molecule has 1 aliphatic heterocycles. The van der Waals surface area contributed by atoms with Gasteiger partial charge in [-0.3, -0.25) is 23.4 Å². The van der Waals surface area contributed by atoms with Gasteiger partial charge in [-0.15, -0.1) is 0 Å². The van der Waals surface area contributed by atoms with Crippen molar-refractivity contribution in [3.05, 3.63) is 48.6 Å². The van der Waals surface area contributed by atoms with E-state index in [0.717, 1.165) is 64.2 Å². The fraction of sp³-hybridized carbons (Fsp3) is 0.766. The van der Waals surface area contributed by atoms with E-state index < -0.39 is 124 Å². The smallest absolute Gasteiger partial charge is 0.462 e. The Kier molecular flexibility index (Phi) is 29.7. The Labute approximate surface area is 384 Å². The van der Waals surface area contributed by atoms with E-state index in [2.05, 4.69) is 43.4 Å². The lowest BCUT2D eigenvalue weighted by atomic mass is 9.82. The number of carbonyl (C=O) groups is 3. The van der Waals surface area contributed by atoms with Crippen LogP contribution in [0, 0.1) is 11.8 Å². The number of fused-ring (bicyclic) bond motifs is 4. The number of rotatable bonds is 20. The highest BCUT2D eigenvalue weighted by atomic mass is 31.2. The third-order valence-corrected chi connectivity index (χ3v) is 12.6. The van der Waals surface area contributed by atoms with Crippen molar-refractivity contribution < 1.29 is 83.2 Å². The molecule has 2 aliphatic rings. The van der Waals surface area contributed by atoms with Crippen LogP contribution in [-0.2, 0) is 37.5 Å². The van der Waals surface area contributed by atoms with Gasteiger partial charge in [0.2, 0.25) is 0 Å². The molecule has 65 heavy (non-hydrogen) atoms. The van der Waals surface area contributed by atoms with Crippen LogP contribution in [0.15, 0.2) is 48.6 Å². The third kappa shape index (κ3) is 23.8. The van der Waals surface area contributed by atoms with Gasteiger partial charge in [0.15, 0.2) is 6.10 Å². The fourth-order valence-corrected chi connectivity index (χ4v) is 8.69. The second kappa shape index (κ2) is 33.0. The van der Waals surface area contributed by atoms with Crippen LogP contribution in [0.2, 0.25) is 0 Å². The highest BCUT2D eigenvalue weighted by Crippen LogP contribution is 2.47. The summed E-state index contributed by atoms with van der Waals surface area (Å²) >= 11 is 0. The summed E-state index contributed by atoms with van der Waals surface area (Å²) in [5, 5.41) is 90.1. The molecule has 1 aliphatic carbocycles. The standard InChI is InChI=1S/C47H79O17P/c1-3-5-7-8-9-10-11-12-13-14-15-16-17-18-20-26-41(53)63-35-31-61-40(52)25-22-21-24-34(49)29-37-39(51)30-38(50)36(28-27-33(48)23-19-6-4-2)42(54)45(57)47(46(58)44(56)43(37)55)64-65(59,60)62-32-35/h5,7,9-10,12-13,27-28,33,35-39,42-48,50-51,54-58H,3-4,6,8,11,14-26,29-32H2,1-2H3,(H,59,60)/b7-5-,10-9-,13-12-,28-27+/t33-,35+,36-,37-,38+,39-,42+,43+,44-,45+,46+,47+/m0/s1. The van der Waals surface area contributed by atoms with E-state index in [-0.39, 0.29) is 32.1 Å². The zero-order valence-electron chi connectivity index (χ0n) is 38.3. The summed E-state index contributed by atoms with van der Waals surface area (Å²) in [5.41, 5.74) is 0. The third-order valence-electron chi connectivity index (χ3n) is 11.6. The maximum absolute atomic E-state index is 13.5. The maximum Gasteiger partial charge on any atom is 0.472 e. The number of ketones is 1. The van der Waals surface area contributed by atoms with E-state index in [1.807, 2.05) is 6.92 Å².